The molecule has 0 unspecified atom stereocenters. The summed E-state index contributed by atoms with van der Waals surface area (Å²) in [6.07, 6.45) is 6.44. The number of hydrogen-bond donors (Lipinski definition) is 1. The van der Waals surface area contributed by atoms with E-state index in [1.807, 2.05) is 17.1 Å². The van der Waals surface area contributed by atoms with E-state index in [0.29, 0.717) is 5.41 Å². The molecule has 0 radical (unpaired) electrons. The summed E-state index contributed by atoms with van der Waals surface area (Å²) in [5.74, 6) is 0.977. The Kier molecular flexibility index (Phi) is 2.21. The number of halogens is 1. The molecule has 0 aromatic carbocycles. The molecule has 0 saturated heterocycles. The molecule has 1 aliphatic carbocycles. The van der Waals surface area contributed by atoms with E-state index < -0.39 is 0 Å². The first-order chi connectivity index (χ1) is 5.74. The van der Waals surface area contributed by atoms with Gasteiger partial charge in [-0.15, -0.1) is 0 Å². The Balaban J connectivity index is 2.04. The predicted octanol–water partition coefficient (Wildman–Crippen LogP) is 2.36. The average Bonchev–Trinajstić information content (AvgIpc) is 2.71. The van der Waals surface area contributed by atoms with E-state index in [4.69, 9.17) is 0 Å². The lowest BCUT2D eigenvalue weighted by atomic mass is 10.1. The van der Waals surface area contributed by atoms with Gasteiger partial charge >= 0.3 is 0 Å². The second kappa shape index (κ2) is 3.07. The van der Waals surface area contributed by atoms with Gasteiger partial charge in [0.05, 0.1) is 10.7 Å². The fraction of sp³-hybridized carbons (Fsp3) is 0.625. The van der Waals surface area contributed by atoms with Crippen molar-refractivity contribution in [2.24, 2.45) is 5.41 Å². The van der Waals surface area contributed by atoms with Crippen molar-refractivity contribution in [3.05, 3.63) is 16.9 Å². The first-order valence-electron chi connectivity index (χ1n) is 4.03. The zero-order valence-corrected chi connectivity index (χ0v) is 9.18. The van der Waals surface area contributed by atoms with Crippen LogP contribution in [0.3, 0.4) is 0 Å². The lowest BCUT2D eigenvalue weighted by Crippen LogP contribution is -2.13. The average molecular weight is 247 g/mol. The van der Waals surface area contributed by atoms with Crippen molar-refractivity contribution in [3.8, 4) is 0 Å². The molecule has 1 saturated carbocycles. The third-order valence-electron chi connectivity index (χ3n) is 2.39. The Morgan fingerprint density at radius 2 is 2.42 bits per heavy atom. The summed E-state index contributed by atoms with van der Waals surface area (Å²) < 4.78 is 3.05. The van der Waals surface area contributed by atoms with Crippen LogP contribution in [0.15, 0.2) is 16.9 Å². The molecule has 0 amide bonds. The Bertz CT molecular complexity index is 280. The lowest BCUT2D eigenvalue weighted by Gasteiger charge is -2.10. The number of rotatable bonds is 3. The van der Waals surface area contributed by atoms with Crippen molar-refractivity contribution in [1.29, 1.82) is 0 Å². The van der Waals surface area contributed by atoms with E-state index in [9.17, 15) is 0 Å². The van der Waals surface area contributed by atoms with Crippen LogP contribution >= 0.6 is 28.6 Å². The van der Waals surface area contributed by atoms with Crippen LogP contribution in [-0.4, -0.2) is 15.5 Å². The van der Waals surface area contributed by atoms with Crippen molar-refractivity contribution in [2.75, 3.05) is 5.75 Å². The molecule has 66 valence electrons. The highest BCUT2D eigenvalue weighted by Crippen LogP contribution is 2.47. The van der Waals surface area contributed by atoms with Crippen molar-refractivity contribution >= 4 is 28.6 Å². The van der Waals surface area contributed by atoms with Crippen molar-refractivity contribution in [1.82, 2.24) is 9.78 Å². The van der Waals surface area contributed by atoms with E-state index in [0.717, 1.165) is 16.8 Å². The van der Waals surface area contributed by atoms with Crippen LogP contribution in [-0.2, 0) is 6.54 Å². The Morgan fingerprint density at radius 1 is 1.67 bits per heavy atom. The summed E-state index contributed by atoms with van der Waals surface area (Å²) in [6.45, 7) is 1.02. The Labute approximate surface area is 85.9 Å². The molecule has 0 aliphatic heterocycles. The first kappa shape index (κ1) is 8.63. The predicted molar refractivity (Wildman–Crippen MR) is 55.4 cm³/mol. The van der Waals surface area contributed by atoms with Crippen molar-refractivity contribution in [2.45, 2.75) is 19.4 Å². The van der Waals surface area contributed by atoms with Gasteiger partial charge in [0.25, 0.3) is 0 Å². The monoisotopic (exact) mass is 246 g/mol. The molecule has 2 rings (SSSR count). The van der Waals surface area contributed by atoms with Crippen LogP contribution in [0.2, 0.25) is 0 Å². The van der Waals surface area contributed by atoms with Crippen molar-refractivity contribution in [3.63, 3.8) is 0 Å². The van der Waals surface area contributed by atoms with E-state index in [1.54, 1.807) is 0 Å². The van der Waals surface area contributed by atoms with Crippen molar-refractivity contribution < 1.29 is 0 Å². The number of aromatic nitrogens is 2. The summed E-state index contributed by atoms with van der Waals surface area (Å²) in [6, 6.07) is 0. The quantitative estimate of drug-likeness (QED) is 0.812. The fourth-order valence-electron chi connectivity index (χ4n) is 1.31. The molecular formula is C8H11BrN2S. The third-order valence-corrected chi connectivity index (χ3v) is 3.47. The molecule has 4 heteroatoms. The maximum atomic E-state index is 4.35. The minimum absolute atomic E-state index is 0.453. The smallest absolute Gasteiger partial charge is 0.0632 e. The zero-order valence-electron chi connectivity index (χ0n) is 6.70. The highest BCUT2D eigenvalue weighted by atomic mass is 79.9. The fourth-order valence-corrected chi connectivity index (χ4v) is 2.06. The number of nitrogens with zero attached hydrogens (tertiary/aromatic N) is 2. The SMILES string of the molecule is SCC1(Cn2cc(Br)cn2)CC1. The van der Waals surface area contributed by atoms with Crippen LogP contribution in [0, 0.1) is 5.41 Å². The molecular weight excluding hydrogens is 236 g/mol. The highest BCUT2D eigenvalue weighted by Gasteiger charge is 2.41. The molecule has 1 heterocycles. The molecule has 1 aromatic rings. The van der Waals surface area contributed by atoms with Gasteiger partial charge in [-0.3, -0.25) is 4.68 Å². The molecule has 0 spiro atoms. The second-order valence-electron chi connectivity index (χ2n) is 3.51. The normalized spacial score (nSPS) is 19.5. The van der Waals surface area contributed by atoms with E-state index in [-0.39, 0.29) is 0 Å². The minimum atomic E-state index is 0.453. The summed E-state index contributed by atoms with van der Waals surface area (Å²) in [7, 11) is 0. The largest absolute Gasteiger partial charge is 0.271 e. The summed E-state index contributed by atoms with van der Waals surface area (Å²) in [4.78, 5) is 0. The van der Waals surface area contributed by atoms with Gasteiger partial charge < -0.3 is 0 Å². The molecule has 0 bridgehead atoms. The lowest BCUT2D eigenvalue weighted by molar-refractivity contribution is 0.440. The molecule has 1 fully saturated rings. The van der Waals surface area contributed by atoms with Crippen LogP contribution in [0.5, 0.6) is 0 Å². The maximum absolute atomic E-state index is 4.35. The molecule has 12 heavy (non-hydrogen) atoms. The second-order valence-corrected chi connectivity index (χ2v) is 4.75. The Morgan fingerprint density at radius 3 is 2.83 bits per heavy atom. The summed E-state index contributed by atoms with van der Waals surface area (Å²) in [5.41, 5.74) is 0.453. The molecule has 1 aromatic heterocycles. The standard InChI is InChI=1S/C8H11BrN2S/c9-7-3-10-11(4-7)5-8(6-12)1-2-8/h3-4,12H,1-2,5-6H2. The van der Waals surface area contributed by atoms with Gasteiger partial charge in [0, 0.05) is 12.7 Å². The summed E-state index contributed by atoms with van der Waals surface area (Å²) >= 11 is 7.73. The summed E-state index contributed by atoms with van der Waals surface area (Å²) in [5, 5.41) is 4.22. The minimum Gasteiger partial charge on any atom is -0.271 e. The van der Waals surface area contributed by atoms with Gasteiger partial charge in [-0.2, -0.15) is 17.7 Å². The zero-order chi connectivity index (χ0) is 8.60. The Hall–Kier alpha value is 0.0400. The third kappa shape index (κ3) is 1.69. The highest BCUT2D eigenvalue weighted by molar-refractivity contribution is 9.10. The van der Waals surface area contributed by atoms with E-state index in [2.05, 4.69) is 33.7 Å². The van der Waals surface area contributed by atoms with Gasteiger partial charge in [0.2, 0.25) is 0 Å². The van der Waals surface area contributed by atoms with Crippen LogP contribution < -0.4 is 0 Å². The molecule has 1 aliphatic rings. The van der Waals surface area contributed by atoms with Gasteiger partial charge in [-0.25, -0.2) is 0 Å². The van der Waals surface area contributed by atoms with Gasteiger partial charge in [0.15, 0.2) is 0 Å². The van der Waals surface area contributed by atoms with Gasteiger partial charge in [-0.05, 0) is 39.9 Å². The number of thiol groups is 1. The van der Waals surface area contributed by atoms with Gasteiger partial charge in [0.1, 0.15) is 0 Å². The number of hydrogen-bond acceptors (Lipinski definition) is 2. The molecule has 0 atom stereocenters. The van der Waals surface area contributed by atoms with E-state index in [1.165, 1.54) is 12.8 Å². The van der Waals surface area contributed by atoms with Crippen LogP contribution in [0.25, 0.3) is 0 Å². The van der Waals surface area contributed by atoms with Crippen LogP contribution in [0.4, 0.5) is 0 Å². The topological polar surface area (TPSA) is 17.8 Å². The van der Waals surface area contributed by atoms with Crippen LogP contribution in [0.1, 0.15) is 12.8 Å². The van der Waals surface area contributed by atoms with E-state index >= 15 is 0 Å². The molecule has 0 N–H and O–H groups in total. The first-order valence-corrected chi connectivity index (χ1v) is 5.45. The van der Waals surface area contributed by atoms with Gasteiger partial charge in [-0.1, -0.05) is 0 Å². The maximum Gasteiger partial charge on any atom is 0.0632 e. The molecule has 2 nitrogen and oxygen atoms in total.